The van der Waals surface area contributed by atoms with Gasteiger partial charge in [0.25, 0.3) is 0 Å². The van der Waals surface area contributed by atoms with E-state index in [0.717, 1.165) is 22.6 Å². The average molecular weight is 343 g/mol. The fourth-order valence-corrected chi connectivity index (χ4v) is 3.24. The van der Waals surface area contributed by atoms with Crippen molar-refractivity contribution in [2.24, 2.45) is 0 Å². The summed E-state index contributed by atoms with van der Waals surface area (Å²) in [5, 5.41) is 0.663. The molecule has 1 aromatic carbocycles. The number of allylic oxidation sites excluding steroid dienone is 1. The molecule has 4 heteroatoms. The Balaban J connectivity index is 1.74. The monoisotopic (exact) mass is 342 g/mol. The van der Waals surface area contributed by atoms with Crippen LogP contribution in [0.3, 0.4) is 0 Å². The number of carbonyl (C=O) groups excluding carboxylic acids is 1. The van der Waals surface area contributed by atoms with Crippen LogP contribution in [0.2, 0.25) is 5.02 Å². The number of carbonyl (C=O) groups is 1. The zero-order valence-electron chi connectivity index (χ0n) is 12.6. The number of aryl methyl sites for hydroxylation is 1. The number of hydrogen-bond acceptors (Lipinski definition) is 3. The summed E-state index contributed by atoms with van der Waals surface area (Å²) in [4.78, 5) is 14.1. The SMILES string of the molecule is CCc1ccc(C(=O)/C=C/c2ccc(-c3cccc(Cl)c3)o2)s1. The highest BCUT2D eigenvalue weighted by atomic mass is 35.5. The molecule has 2 heterocycles. The first-order valence-electron chi connectivity index (χ1n) is 7.32. The molecule has 23 heavy (non-hydrogen) atoms. The lowest BCUT2D eigenvalue weighted by Crippen LogP contribution is -1.88. The smallest absolute Gasteiger partial charge is 0.195 e. The molecular weight excluding hydrogens is 328 g/mol. The van der Waals surface area contributed by atoms with Gasteiger partial charge >= 0.3 is 0 Å². The van der Waals surface area contributed by atoms with Crippen LogP contribution in [-0.4, -0.2) is 5.78 Å². The number of furan rings is 1. The predicted octanol–water partition coefficient (Wildman–Crippen LogP) is 6.12. The quantitative estimate of drug-likeness (QED) is 0.413. The van der Waals surface area contributed by atoms with Gasteiger partial charge in [-0.2, -0.15) is 0 Å². The molecule has 0 saturated heterocycles. The predicted molar refractivity (Wildman–Crippen MR) is 96.2 cm³/mol. The maximum atomic E-state index is 12.1. The van der Waals surface area contributed by atoms with E-state index in [1.54, 1.807) is 12.2 Å². The zero-order chi connectivity index (χ0) is 16.2. The molecule has 0 atom stereocenters. The van der Waals surface area contributed by atoms with E-state index >= 15 is 0 Å². The van der Waals surface area contributed by atoms with Gasteiger partial charge in [0.1, 0.15) is 11.5 Å². The van der Waals surface area contributed by atoms with Crippen molar-refractivity contribution in [3.05, 3.63) is 75.1 Å². The zero-order valence-corrected chi connectivity index (χ0v) is 14.2. The van der Waals surface area contributed by atoms with E-state index in [2.05, 4.69) is 6.92 Å². The summed E-state index contributed by atoms with van der Waals surface area (Å²) in [5.74, 6) is 1.36. The van der Waals surface area contributed by atoms with E-state index in [0.29, 0.717) is 10.8 Å². The lowest BCUT2D eigenvalue weighted by molar-refractivity contribution is 0.105. The summed E-state index contributed by atoms with van der Waals surface area (Å²) in [6, 6.07) is 15.0. The van der Waals surface area contributed by atoms with Gasteiger partial charge in [-0.05, 0) is 55.0 Å². The number of hydrogen-bond donors (Lipinski definition) is 0. The minimum absolute atomic E-state index is 0.00425. The maximum Gasteiger partial charge on any atom is 0.195 e. The molecule has 2 aromatic heterocycles. The molecule has 0 aliphatic heterocycles. The van der Waals surface area contributed by atoms with Crippen molar-refractivity contribution in [2.75, 3.05) is 0 Å². The van der Waals surface area contributed by atoms with Gasteiger partial charge in [0, 0.05) is 15.5 Å². The molecule has 0 aliphatic carbocycles. The fourth-order valence-electron chi connectivity index (χ4n) is 2.18. The Labute approximate surface area is 144 Å². The second-order valence-electron chi connectivity index (χ2n) is 5.03. The lowest BCUT2D eigenvalue weighted by Gasteiger charge is -1.96. The highest BCUT2D eigenvalue weighted by Crippen LogP contribution is 2.25. The molecule has 0 saturated carbocycles. The average Bonchev–Trinajstić information content (AvgIpc) is 3.22. The maximum absolute atomic E-state index is 12.1. The minimum atomic E-state index is -0.00425. The van der Waals surface area contributed by atoms with Crippen LogP contribution in [0.1, 0.15) is 27.2 Å². The van der Waals surface area contributed by atoms with Crippen molar-refractivity contribution in [3.63, 3.8) is 0 Å². The molecule has 0 amide bonds. The van der Waals surface area contributed by atoms with E-state index in [1.807, 2.05) is 48.5 Å². The van der Waals surface area contributed by atoms with Gasteiger partial charge < -0.3 is 4.42 Å². The summed E-state index contributed by atoms with van der Waals surface area (Å²) < 4.78 is 5.74. The summed E-state index contributed by atoms with van der Waals surface area (Å²) >= 11 is 7.52. The van der Waals surface area contributed by atoms with Gasteiger partial charge in [0.15, 0.2) is 5.78 Å². The number of halogens is 1. The lowest BCUT2D eigenvalue weighted by atomic mass is 10.2. The van der Waals surface area contributed by atoms with Crippen molar-refractivity contribution in [1.82, 2.24) is 0 Å². The fraction of sp³-hybridized carbons (Fsp3) is 0.105. The molecule has 0 N–H and O–H groups in total. The van der Waals surface area contributed by atoms with Gasteiger partial charge in [-0.3, -0.25) is 4.79 Å². The Bertz CT molecular complexity index is 858. The van der Waals surface area contributed by atoms with E-state index in [-0.39, 0.29) is 5.78 Å². The molecule has 0 bridgehead atoms. The number of ketones is 1. The van der Waals surface area contributed by atoms with Crippen LogP contribution in [-0.2, 0) is 6.42 Å². The molecule has 3 rings (SSSR count). The van der Waals surface area contributed by atoms with Crippen LogP contribution in [0.15, 0.2) is 59.0 Å². The second-order valence-corrected chi connectivity index (χ2v) is 6.63. The standard InChI is InChI=1S/C19H15ClO2S/c1-2-16-8-11-19(23-16)17(21)9-6-15-7-10-18(22-15)13-4-3-5-14(20)12-13/h3-12H,2H2,1H3/b9-6+. The molecule has 0 radical (unpaired) electrons. The largest absolute Gasteiger partial charge is 0.457 e. The topological polar surface area (TPSA) is 30.2 Å². The summed E-state index contributed by atoms with van der Waals surface area (Å²) in [5.41, 5.74) is 0.911. The molecule has 0 fully saturated rings. The van der Waals surface area contributed by atoms with Gasteiger partial charge in [-0.1, -0.05) is 30.7 Å². The van der Waals surface area contributed by atoms with Gasteiger partial charge in [-0.25, -0.2) is 0 Å². The van der Waals surface area contributed by atoms with E-state index in [9.17, 15) is 4.79 Å². The van der Waals surface area contributed by atoms with Gasteiger partial charge in [0.2, 0.25) is 0 Å². The molecule has 2 nitrogen and oxygen atoms in total. The third-order valence-corrected chi connectivity index (χ3v) is 4.87. The Morgan fingerprint density at radius 2 is 2.09 bits per heavy atom. The van der Waals surface area contributed by atoms with Crippen molar-refractivity contribution in [3.8, 4) is 11.3 Å². The summed E-state index contributed by atoms with van der Waals surface area (Å²) in [6.07, 6.45) is 4.19. The van der Waals surface area contributed by atoms with Crippen LogP contribution >= 0.6 is 22.9 Å². The molecule has 0 unspecified atom stereocenters. The first-order valence-corrected chi connectivity index (χ1v) is 8.52. The van der Waals surface area contributed by atoms with E-state index < -0.39 is 0 Å². The highest BCUT2D eigenvalue weighted by molar-refractivity contribution is 7.14. The van der Waals surface area contributed by atoms with Crippen LogP contribution in [0.25, 0.3) is 17.4 Å². The first kappa shape index (κ1) is 15.8. The Kier molecular flexibility index (Phi) is 4.79. The molecule has 0 aliphatic rings. The second kappa shape index (κ2) is 6.99. The molecule has 0 spiro atoms. The van der Waals surface area contributed by atoms with E-state index in [4.69, 9.17) is 16.0 Å². The Hall–Kier alpha value is -2.10. The van der Waals surface area contributed by atoms with Crippen molar-refractivity contribution >= 4 is 34.8 Å². The number of benzene rings is 1. The van der Waals surface area contributed by atoms with Crippen molar-refractivity contribution < 1.29 is 9.21 Å². The third-order valence-electron chi connectivity index (χ3n) is 3.39. The van der Waals surface area contributed by atoms with Crippen LogP contribution in [0, 0.1) is 0 Å². The summed E-state index contributed by atoms with van der Waals surface area (Å²) in [7, 11) is 0. The highest BCUT2D eigenvalue weighted by Gasteiger charge is 2.07. The van der Waals surface area contributed by atoms with Crippen molar-refractivity contribution in [2.45, 2.75) is 13.3 Å². The van der Waals surface area contributed by atoms with Crippen LogP contribution in [0.4, 0.5) is 0 Å². The Morgan fingerprint density at radius 3 is 2.83 bits per heavy atom. The third kappa shape index (κ3) is 3.81. The molecule has 3 aromatic rings. The number of thiophene rings is 1. The van der Waals surface area contributed by atoms with Crippen molar-refractivity contribution in [1.29, 1.82) is 0 Å². The number of rotatable bonds is 5. The minimum Gasteiger partial charge on any atom is -0.457 e. The molecule has 116 valence electrons. The first-order chi connectivity index (χ1) is 11.2. The Morgan fingerprint density at radius 1 is 1.22 bits per heavy atom. The van der Waals surface area contributed by atoms with Gasteiger partial charge in [-0.15, -0.1) is 11.3 Å². The van der Waals surface area contributed by atoms with Crippen LogP contribution in [0.5, 0.6) is 0 Å². The summed E-state index contributed by atoms with van der Waals surface area (Å²) in [6.45, 7) is 2.08. The van der Waals surface area contributed by atoms with Gasteiger partial charge in [0.05, 0.1) is 4.88 Å². The van der Waals surface area contributed by atoms with Crippen LogP contribution < -0.4 is 0 Å². The van der Waals surface area contributed by atoms with E-state index in [1.165, 1.54) is 16.2 Å². The normalized spacial score (nSPS) is 11.2. The molecular formula is C19H15ClO2S.